The molecule has 0 radical (unpaired) electrons. The van der Waals surface area contributed by atoms with Crippen molar-refractivity contribution in [2.45, 2.75) is 70.0 Å². The van der Waals surface area contributed by atoms with Crippen molar-refractivity contribution in [1.29, 1.82) is 0 Å². The van der Waals surface area contributed by atoms with Crippen molar-refractivity contribution in [3.8, 4) is 0 Å². The summed E-state index contributed by atoms with van der Waals surface area (Å²) in [6, 6.07) is 0. The highest BCUT2D eigenvalue weighted by molar-refractivity contribution is 4.88. The first kappa shape index (κ1) is 14.3. The highest BCUT2D eigenvalue weighted by atomic mass is 16.5. The van der Waals surface area contributed by atoms with Crippen molar-refractivity contribution in [2.75, 3.05) is 19.8 Å². The van der Waals surface area contributed by atoms with E-state index < -0.39 is 0 Å². The number of nitrogens with two attached hydrogens (primary N) is 1. The average Bonchev–Trinajstić information content (AvgIpc) is 2.93. The first-order chi connectivity index (χ1) is 8.78. The van der Waals surface area contributed by atoms with Gasteiger partial charge in [-0.05, 0) is 50.9 Å². The molecule has 3 heteroatoms. The number of ether oxygens (including phenoxy) is 2. The molecule has 0 bridgehead atoms. The van der Waals surface area contributed by atoms with Crippen molar-refractivity contribution in [2.24, 2.45) is 11.7 Å². The first-order valence-corrected chi connectivity index (χ1v) is 7.73. The van der Waals surface area contributed by atoms with Crippen LogP contribution in [0.3, 0.4) is 0 Å². The maximum Gasteiger partial charge on any atom is 0.0804 e. The van der Waals surface area contributed by atoms with E-state index in [4.69, 9.17) is 15.2 Å². The molecule has 1 heterocycles. The number of hydrogen-bond donors (Lipinski definition) is 1. The van der Waals surface area contributed by atoms with Crippen molar-refractivity contribution >= 4 is 0 Å². The molecule has 1 atom stereocenters. The molecule has 0 amide bonds. The van der Waals surface area contributed by atoms with Crippen LogP contribution in [0, 0.1) is 5.92 Å². The van der Waals surface area contributed by atoms with Crippen LogP contribution >= 0.6 is 0 Å². The summed E-state index contributed by atoms with van der Waals surface area (Å²) in [5.41, 5.74) is 5.94. The van der Waals surface area contributed by atoms with E-state index in [0.29, 0.717) is 12.6 Å². The van der Waals surface area contributed by atoms with Gasteiger partial charge < -0.3 is 15.2 Å². The Hall–Kier alpha value is -0.120. The van der Waals surface area contributed by atoms with Crippen LogP contribution in [0.4, 0.5) is 0 Å². The van der Waals surface area contributed by atoms with Crippen molar-refractivity contribution in [1.82, 2.24) is 0 Å². The Kier molecular flexibility index (Phi) is 5.46. The van der Waals surface area contributed by atoms with Gasteiger partial charge in [-0.1, -0.05) is 13.3 Å². The van der Waals surface area contributed by atoms with Gasteiger partial charge in [-0.2, -0.15) is 0 Å². The fourth-order valence-electron chi connectivity index (χ4n) is 3.30. The van der Waals surface area contributed by atoms with E-state index in [1.54, 1.807) is 0 Å². The van der Waals surface area contributed by atoms with Gasteiger partial charge in [-0.25, -0.2) is 0 Å². The second-order valence-electron chi connectivity index (χ2n) is 6.01. The molecule has 2 fully saturated rings. The fourth-order valence-corrected chi connectivity index (χ4v) is 3.30. The van der Waals surface area contributed by atoms with Crippen LogP contribution < -0.4 is 5.73 Å². The van der Waals surface area contributed by atoms with E-state index >= 15 is 0 Å². The Balaban J connectivity index is 1.71. The normalized spacial score (nSPS) is 37.0. The summed E-state index contributed by atoms with van der Waals surface area (Å²) in [5, 5.41) is 0. The first-order valence-electron chi connectivity index (χ1n) is 7.73. The van der Waals surface area contributed by atoms with E-state index in [1.165, 1.54) is 32.1 Å². The summed E-state index contributed by atoms with van der Waals surface area (Å²) in [7, 11) is 0. The zero-order chi connectivity index (χ0) is 12.8. The minimum Gasteiger partial charge on any atom is -0.378 e. The molecular formula is C15H29NO2. The molecule has 0 aromatic heterocycles. The Morgan fingerprint density at radius 2 is 2.06 bits per heavy atom. The Labute approximate surface area is 111 Å². The molecule has 2 N–H and O–H groups in total. The molecule has 1 aliphatic carbocycles. The van der Waals surface area contributed by atoms with Gasteiger partial charge in [0.05, 0.1) is 11.7 Å². The molecule has 1 aliphatic heterocycles. The van der Waals surface area contributed by atoms with Gasteiger partial charge in [0.25, 0.3) is 0 Å². The molecule has 18 heavy (non-hydrogen) atoms. The molecule has 106 valence electrons. The van der Waals surface area contributed by atoms with E-state index in [-0.39, 0.29) is 5.60 Å². The van der Waals surface area contributed by atoms with Gasteiger partial charge in [-0.3, -0.25) is 0 Å². The van der Waals surface area contributed by atoms with Gasteiger partial charge in [0.2, 0.25) is 0 Å². The predicted octanol–water partition coefficient (Wildman–Crippen LogP) is 2.87. The third-order valence-corrected chi connectivity index (χ3v) is 4.84. The molecule has 3 nitrogen and oxygen atoms in total. The molecule has 1 saturated heterocycles. The lowest BCUT2D eigenvalue weighted by Crippen LogP contribution is -2.44. The molecule has 1 saturated carbocycles. The summed E-state index contributed by atoms with van der Waals surface area (Å²) in [6.45, 7) is 4.72. The van der Waals surface area contributed by atoms with Gasteiger partial charge in [0.1, 0.15) is 0 Å². The Morgan fingerprint density at radius 1 is 1.28 bits per heavy atom. The number of rotatable bonds is 6. The zero-order valence-electron chi connectivity index (χ0n) is 11.8. The van der Waals surface area contributed by atoms with E-state index in [0.717, 1.165) is 38.4 Å². The molecule has 2 rings (SSSR count). The molecule has 1 unspecified atom stereocenters. The van der Waals surface area contributed by atoms with Gasteiger partial charge in [0.15, 0.2) is 0 Å². The van der Waals surface area contributed by atoms with Crippen LogP contribution in [0.1, 0.15) is 58.3 Å². The van der Waals surface area contributed by atoms with Crippen LogP contribution in [0.2, 0.25) is 0 Å². The molecule has 0 aromatic rings. The summed E-state index contributed by atoms with van der Waals surface area (Å²) < 4.78 is 11.8. The van der Waals surface area contributed by atoms with Gasteiger partial charge in [0, 0.05) is 19.8 Å². The van der Waals surface area contributed by atoms with E-state index in [1.807, 2.05) is 0 Å². The number of hydrogen-bond acceptors (Lipinski definition) is 3. The lowest BCUT2D eigenvalue weighted by atomic mass is 9.77. The third-order valence-electron chi connectivity index (χ3n) is 4.84. The predicted molar refractivity (Wildman–Crippen MR) is 73.6 cm³/mol. The quantitative estimate of drug-likeness (QED) is 0.793. The lowest BCUT2D eigenvalue weighted by Gasteiger charge is -2.39. The fraction of sp³-hybridized carbons (Fsp3) is 1.00. The second-order valence-corrected chi connectivity index (χ2v) is 6.01. The van der Waals surface area contributed by atoms with Crippen LogP contribution in [0.15, 0.2) is 0 Å². The lowest BCUT2D eigenvalue weighted by molar-refractivity contribution is -0.0805. The van der Waals surface area contributed by atoms with Crippen LogP contribution in [0.5, 0.6) is 0 Å². The molecule has 0 spiro atoms. The topological polar surface area (TPSA) is 44.5 Å². The summed E-state index contributed by atoms with van der Waals surface area (Å²) in [6.07, 6.45) is 10.1. The monoisotopic (exact) mass is 255 g/mol. The van der Waals surface area contributed by atoms with Crippen molar-refractivity contribution in [3.05, 3.63) is 0 Å². The highest BCUT2D eigenvalue weighted by Crippen LogP contribution is 2.35. The van der Waals surface area contributed by atoms with Crippen LogP contribution in [-0.2, 0) is 9.47 Å². The largest absolute Gasteiger partial charge is 0.378 e. The third kappa shape index (κ3) is 3.69. The summed E-state index contributed by atoms with van der Waals surface area (Å²) in [5.74, 6) is 0.895. The summed E-state index contributed by atoms with van der Waals surface area (Å²) >= 11 is 0. The minimum atomic E-state index is -0.0235. The standard InChI is InChI=1S/C15H29NO2/c1-2-13-5-8-15(12-16,9-6-13)18-11-7-14-4-3-10-17-14/h13-14H,2-12,16H2,1H3. The summed E-state index contributed by atoms with van der Waals surface area (Å²) in [4.78, 5) is 0. The molecular weight excluding hydrogens is 226 g/mol. The van der Waals surface area contributed by atoms with E-state index in [2.05, 4.69) is 6.92 Å². The van der Waals surface area contributed by atoms with E-state index in [9.17, 15) is 0 Å². The van der Waals surface area contributed by atoms with Gasteiger partial charge in [-0.15, -0.1) is 0 Å². The minimum absolute atomic E-state index is 0.0235. The second kappa shape index (κ2) is 6.88. The smallest absolute Gasteiger partial charge is 0.0804 e. The van der Waals surface area contributed by atoms with Crippen molar-refractivity contribution in [3.63, 3.8) is 0 Å². The Morgan fingerprint density at radius 3 is 2.61 bits per heavy atom. The highest BCUT2D eigenvalue weighted by Gasteiger charge is 2.34. The molecule has 2 aliphatic rings. The SMILES string of the molecule is CCC1CCC(CN)(OCCC2CCCO2)CC1. The molecule has 0 aromatic carbocycles. The Bertz CT molecular complexity index is 231. The average molecular weight is 255 g/mol. The van der Waals surface area contributed by atoms with Gasteiger partial charge >= 0.3 is 0 Å². The van der Waals surface area contributed by atoms with Crippen LogP contribution in [0.25, 0.3) is 0 Å². The maximum absolute atomic E-state index is 6.17. The van der Waals surface area contributed by atoms with Crippen molar-refractivity contribution < 1.29 is 9.47 Å². The zero-order valence-corrected chi connectivity index (χ0v) is 11.8. The van der Waals surface area contributed by atoms with Crippen LogP contribution in [-0.4, -0.2) is 31.5 Å². The maximum atomic E-state index is 6.17.